The molecule has 7 nitrogen and oxygen atoms in total. The van der Waals surface area contributed by atoms with Gasteiger partial charge in [0.05, 0.1) is 11.9 Å². The Balaban J connectivity index is 1.38. The molecule has 6 rings (SSSR count). The summed E-state index contributed by atoms with van der Waals surface area (Å²) in [5, 5.41) is 2.97. The molecule has 0 heterocycles. The third-order valence-electron chi connectivity index (χ3n) is 10.1. The Labute approximate surface area is 252 Å². The molecule has 8 heteroatoms. The predicted molar refractivity (Wildman–Crippen MR) is 168 cm³/mol. The molecule has 4 aliphatic carbocycles. The van der Waals surface area contributed by atoms with Crippen molar-refractivity contribution >= 4 is 27.5 Å². The minimum atomic E-state index is -3.77. The quantitative estimate of drug-likeness (QED) is 0.370. The summed E-state index contributed by atoms with van der Waals surface area (Å²) in [6.45, 7) is 7.44. The van der Waals surface area contributed by atoms with E-state index in [1.807, 2.05) is 57.2 Å². The van der Waals surface area contributed by atoms with Gasteiger partial charge in [-0.15, -0.1) is 0 Å². The van der Waals surface area contributed by atoms with Crippen LogP contribution in [0.2, 0.25) is 0 Å². The van der Waals surface area contributed by atoms with Crippen molar-refractivity contribution < 1.29 is 18.0 Å². The average Bonchev–Trinajstić information content (AvgIpc) is 2.93. The Morgan fingerprint density at radius 2 is 1.48 bits per heavy atom. The number of rotatable bonds is 11. The SMILES string of the molecule is CCC(C)NC(=O)C(C)N(Cc1ccc(C)cc1)C(=O)CN(c1ccc(C23CC4CC(CC(C4)C2)C3)cc1)S(C)(=O)=O. The van der Waals surface area contributed by atoms with Crippen LogP contribution in [0.3, 0.4) is 0 Å². The van der Waals surface area contributed by atoms with Crippen molar-refractivity contribution in [2.75, 3.05) is 17.1 Å². The van der Waals surface area contributed by atoms with Gasteiger partial charge in [-0.1, -0.05) is 48.9 Å². The van der Waals surface area contributed by atoms with Crippen molar-refractivity contribution in [1.82, 2.24) is 10.2 Å². The lowest BCUT2D eigenvalue weighted by Gasteiger charge is -2.57. The zero-order valence-corrected chi connectivity index (χ0v) is 26.6. The minimum absolute atomic E-state index is 0.0312. The highest BCUT2D eigenvalue weighted by atomic mass is 32.2. The van der Waals surface area contributed by atoms with Crippen molar-refractivity contribution in [3.63, 3.8) is 0 Å². The lowest BCUT2D eigenvalue weighted by atomic mass is 9.48. The summed E-state index contributed by atoms with van der Waals surface area (Å²) in [7, 11) is -3.77. The molecule has 0 aromatic heterocycles. The second-order valence-corrected chi connectivity index (χ2v) is 15.4. The monoisotopic (exact) mass is 593 g/mol. The number of anilines is 1. The van der Waals surface area contributed by atoms with Gasteiger partial charge in [0, 0.05) is 12.6 Å². The lowest BCUT2D eigenvalue weighted by molar-refractivity contribution is -0.139. The third kappa shape index (κ3) is 6.53. The first-order chi connectivity index (χ1) is 19.9. The van der Waals surface area contributed by atoms with Gasteiger partial charge in [0.15, 0.2) is 0 Å². The molecule has 0 aliphatic heterocycles. The van der Waals surface area contributed by atoms with E-state index < -0.39 is 22.0 Å². The van der Waals surface area contributed by atoms with Crippen LogP contribution in [0.15, 0.2) is 48.5 Å². The zero-order chi connectivity index (χ0) is 30.2. The van der Waals surface area contributed by atoms with E-state index in [1.165, 1.54) is 53.3 Å². The number of sulfonamides is 1. The molecule has 1 N–H and O–H groups in total. The van der Waals surface area contributed by atoms with E-state index >= 15 is 0 Å². The van der Waals surface area contributed by atoms with E-state index in [4.69, 9.17) is 0 Å². The predicted octanol–water partition coefficient (Wildman–Crippen LogP) is 5.56. The standard InChI is InChI=1S/C34H47N3O4S/c1-6-24(3)35-33(39)25(4)36(21-26-9-7-23(2)8-10-26)32(38)22-37(42(5,40)41)31-13-11-30(12-14-31)34-18-27-15-28(19-34)17-29(16-27)20-34/h7-14,24-25,27-29H,6,15-22H2,1-5H3,(H,35,39). The smallest absolute Gasteiger partial charge is 0.244 e. The van der Waals surface area contributed by atoms with Gasteiger partial charge in [-0.2, -0.15) is 0 Å². The molecule has 228 valence electrons. The fraction of sp³-hybridized carbons (Fsp3) is 0.588. The van der Waals surface area contributed by atoms with Crippen LogP contribution in [-0.4, -0.2) is 50.0 Å². The van der Waals surface area contributed by atoms with Crippen LogP contribution < -0.4 is 9.62 Å². The molecule has 4 aliphatic rings. The molecular formula is C34H47N3O4S. The number of amides is 2. The molecule has 4 fully saturated rings. The fourth-order valence-electron chi connectivity index (χ4n) is 8.00. The van der Waals surface area contributed by atoms with E-state index in [1.54, 1.807) is 6.92 Å². The lowest BCUT2D eigenvalue weighted by Crippen LogP contribution is -2.52. The highest BCUT2D eigenvalue weighted by Gasteiger charge is 2.51. The van der Waals surface area contributed by atoms with Crippen molar-refractivity contribution in [3.05, 3.63) is 65.2 Å². The number of carbonyl (C=O) groups excluding carboxylic acids is 2. The Kier molecular flexibility index (Phi) is 8.75. The Morgan fingerprint density at radius 1 is 0.929 bits per heavy atom. The van der Waals surface area contributed by atoms with E-state index in [2.05, 4.69) is 17.4 Å². The zero-order valence-electron chi connectivity index (χ0n) is 25.8. The Morgan fingerprint density at radius 3 is 1.98 bits per heavy atom. The molecule has 4 bridgehead atoms. The van der Waals surface area contributed by atoms with Crippen LogP contribution in [0.4, 0.5) is 5.69 Å². The molecule has 2 aromatic carbocycles. The number of carbonyl (C=O) groups is 2. The molecule has 0 spiro atoms. The van der Waals surface area contributed by atoms with E-state index in [-0.39, 0.29) is 30.5 Å². The van der Waals surface area contributed by atoms with Crippen molar-refractivity contribution in [2.24, 2.45) is 17.8 Å². The summed E-state index contributed by atoms with van der Waals surface area (Å²) in [6.07, 6.45) is 9.71. The number of benzene rings is 2. The van der Waals surface area contributed by atoms with Crippen LogP contribution >= 0.6 is 0 Å². The first-order valence-electron chi connectivity index (χ1n) is 15.6. The maximum Gasteiger partial charge on any atom is 0.244 e. The maximum atomic E-state index is 13.9. The van der Waals surface area contributed by atoms with Gasteiger partial charge < -0.3 is 10.2 Å². The highest BCUT2D eigenvalue weighted by molar-refractivity contribution is 7.92. The molecule has 2 unspecified atom stereocenters. The van der Waals surface area contributed by atoms with Crippen LogP contribution in [0.25, 0.3) is 0 Å². The largest absolute Gasteiger partial charge is 0.352 e. The highest BCUT2D eigenvalue weighted by Crippen LogP contribution is 2.60. The van der Waals surface area contributed by atoms with Gasteiger partial charge in [-0.05, 0) is 112 Å². The van der Waals surface area contributed by atoms with Gasteiger partial charge in [0.25, 0.3) is 0 Å². The van der Waals surface area contributed by atoms with Crippen molar-refractivity contribution in [2.45, 2.75) is 96.7 Å². The van der Waals surface area contributed by atoms with Gasteiger partial charge in [-0.25, -0.2) is 8.42 Å². The second-order valence-electron chi connectivity index (χ2n) is 13.5. The average molecular weight is 594 g/mol. The van der Waals surface area contributed by atoms with Crippen LogP contribution in [0.5, 0.6) is 0 Å². The first-order valence-corrected chi connectivity index (χ1v) is 17.5. The summed E-state index contributed by atoms with van der Waals surface area (Å²) >= 11 is 0. The molecule has 2 amide bonds. The maximum absolute atomic E-state index is 13.9. The Bertz CT molecular complexity index is 1350. The number of hydrogen-bond acceptors (Lipinski definition) is 4. The second kappa shape index (κ2) is 12.0. The molecule has 4 saturated carbocycles. The number of nitrogens with zero attached hydrogens (tertiary/aromatic N) is 2. The fourth-order valence-corrected chi connectivity index (χ4v) is 8.85. The van der Waals surface area contributed by atoms with Gasteiger partial charge in [-0.3, -0.25) is 13.9 Å². The van der Waals surface area contributed by atoms with Gasteiger partial charge in [0.2, 0.25) is 21.8 Å². The van der Waals surface area contributed by atoms with E-state index in [0.29, 0.717) is 5.69 Å². The van der Waals surface area contributed by atoms with Crippen LogP contribution in [0.1, 0.15) is 82.4 Å². The summed E-state index contributed by atoms with van der Waals surface area (Å²) in [6, 6.07) is 14.9. The van der Waals surface area contributed by atoms with Crippen molar-refractivity contribution in [3.8, 4) is 0 Å². The number of aryl methyl sites for hydroxylation is 1. The summed E-state index contributed by atoms with van der Waals surface area (Å²) < 4.78 is 27.3. The number of hydrogen-bond donors (Lipinski definition) is 1. The van der Waals surface area contributed by atoms with Gasteiger partial charge >= 0.3 is 0 Å². The molecule has 2 atom stereocenters. The molecule has 0 saturated heterocycles. The van der Waals surface area contributed by atoms with Crippen molar-refractivity contribution in [1.29, 1.82) is 0 Å². The first kappa shape index (κ1) is 30.6. The normalized spacial score (nSPS) is 26.0. The summed E-state index contributed by atoms with van der Waals surface area (Å²) in [5.41, 5.74) is 3.97. The van der Waals surface area contributed by atoms with Gasteiger partial charge in [0.1, 0.15) is 12.6 Å². The van der Waals surface area contributed by atoms with E-state index in [0.717, 1.165) is 41.6 Å². The molecule has 42 heavy (non-hydrogen) atoms. The van der Waals surface area contributed by atoms with Crippen LogP contribution in [0, 0.1) is 24.7 Å². The minimum Gasteiger partial charge on any atom is -0.352 e. The third-order valence-corrected chi connectivity index (χ3v) is 11.3. The Hall–Kier alpha value is -2.87. The molecule has 2 aromatic rings. The topological polar surface area (TPSA) is 86.8 Å². The molecular weight excluding hydrogens is 546 g/mol. The van der Waals surface area contributed by atoms with E-state index in [9.17, 15) is 18.0 Å². The molecule has 0 radical (unpaired) electrons. The number of nitrogens with one attached hydrogen (secondary N) is 1. The van der Waals surface area contributed by atoms with Crippen LogP contribution in [-0.2, 0) is 31.6 Å². The summed E-state index contributed by atoms with van der Waals surface area (Å²) in [5.74, 6) is 1.79. The summed E-state index contributed by atoms with van der Waals surface area (Å²) in [4.78, 5) is 28.5.